The Morgan fingerprint density at radius 2 is 1.92 bits per heavy atom. The second-order valence-electron chi connectivity index (χ2n) is 2.51. The molecule has 13 heavy (non-hydrogen) atoms. The number of rotatable bonds is 6. The lowest BCUT2D eigenvalue weighted by atomic mass is 10.5. The van der Waals surface area contributed by atoms with E-state index in [1.165, 1.54) is 21.1 Å². The molecule has 0 heterocycles. The van der Waals surface area contributed by atoms with Crippen LogP contribution in [0.15, 0.2) is 0 Å². The van der Waals surface area contributed by atoms with Crippen LogP contribution in [-0.4, -0.2) is 34.7 Å². The fraction of sp³-hybridized carbons (Fsp3) is 0.857. The summed E-state index contributed by atoms with van der Waals surface area (Å²) in [5.74, 6) is -0.281. The summed E-state index contributed by atoms with van der Waals surface area (Å²) in [6, 6.07) is 0.606. The van der Waals surface area contributed by atoms with E-state index in [9.17, 15) is 4.79 Å². The van der Waals surface area contributed by atoms with Gasteiger partial charge in [-0.15, -0.1) is 0 Å². The van der Waals surface area contributed by atoms with Crippen LogP contribution in [0.2, 0.25) is 6.04 Å². The highest BCUT2D eigenvalue weighted by molar-refractivity contribution is 7.12. The van der Waals surface area contributed by atoms with Gasteiger partial charge in [-0.1, -0.05) is 11.1 Å². The SMILES string of the molecule is CO[Si](Cl)(CCCOC(C)=O)OC. The molecular weight excluding hydrogens is 212 g/mol. The summed E-state index contributed by atoms with van der Waals surface area (Å²) >= 11 is 5.98. The van der Waals surface area contributed by atoms with Crippen LogP contribution in [0.25, 0.3) is 0 Å². The van der Waals surface area contributed by atoms with Crippen molar-refractivity contribution in [3.8, 4) is 0 Å². The lowest BCUT2D eigenvalue weighted by Crippen LogP contribution is -2.33. The van der Waals surface area contributed by atoms with Gasteiger partial charge in [0.05, 0.1) is 6.61 Å². The summed E-state index contributed by atoms with van der Waals surface area (Å²) in [7, 11) is 0.556. The molecule has 6 heteroatoms. The Balaban J connectivity index is 3.55. The van der Waals surface area contributed by atoms with Crippen molar-refractivity contribution in [1.82, 2.24) is 0 Å². The monoisotopic (exact) mass is 226 g/mol. The van der Waals surface area contributed by atoms with E-state index in [0.717, 1.165) is 0 Å². The first kappa shape index (κ1) is 12.9. The predicted molar refractivity (Wildman–Crippen MR) is 51.7 cm³/mol. The number of hydrogen-bond donors (Lipinski definition) is 0. The maximum absolute atomic E-state index is 10.4. The van der Waals surface area contributed by atoms with Gasteiger partial charge in [-0.2, -0.15) is 0 Å². The van der Waals surface area contributed by atoms with Crippen molar-refractivity contribution in [2.45, 2.75) is 19.4 Å². The van der Waals surface area contributed by atoms with Crippen LogP contribution in [0.5, 0.6) is 0 Å². The van der Waals surface area contributed by atoms with Gasteiger partial charge in [-0.3, -0.25) is 4.79 Å². The zero-order chi connectivity index (χ0) is 10.3. The first-order chi connectivity index (χ1) is 6.04. The maximum Gasteiger partial charge on any atom is 0.442 e. The zero-order valence-electron chi connectivity index (χ0n) is 8.13. The van der Waals surface area contributed by atoms with Crippen LogP contribution >= 0.6 is 11.1 Å². The van der Waals surface area contributed by atoms with E-state index in [0.29, 0.717) is 19.1 Å². The molecular formula is C7H15ClO4Si. The van der Waals surface area contributed by atoms with Crippen molar-refractivity contribution in [2.75, 3.05) is 20.8 Å². The molecule has 0 aliphatic rings. The molecule has 0 N–H and O–H groups in total. The first-order valence-corrected chi connectivity index (χ1v) is 7.00. The van der Waals surface area contributed by atoms with Crippen molar-refractivity contribution < 1.29 is 18.4 Å². The van der Waals surface area contributed by atoms with Crippen LogP contribution < -0.4 is 0 Å². The molecule has 0 spiro atoms. The summed E-state index contributed by atoms with van der Waals surface area (Å²) < 4.78 is 14.8. The molecule has 0 unspecified atom stereocenters. The van der Waals surface area contributed by atoms with Gasteiger partial charge in [0.25, 0.3) is 0 Å². The zero-order valence-corrected chi connectivity index (χ0v) is 9.89. The molecule has 78 valence electrons. The van der Waals surface area contributed by atoms with Crippen LogP contribution in [-0.2, 0) is 18.4 Å². The van der Waals surface area contributed by atoms with Gasteiger partial charge in [-0.05, 0) is 6.42 Å². The Labute approximate surface area is 84.1 Å². The third-order valence-electron chi connectivity index (χ3n) is 1.53. The van der Waals surface area contributed by atoms with Crippen LogP contribution in [0.4, 0.5) is 0 Å². The first-order valence-electron chi connectivity index (χ1n) is 3.96. The summed E-state index contributed by atoms with van der Waals surface area (Å²) in [5.41, 5.74) is 0. The average Bonchev–Trinajstić information content (AvgIpc) is 2.12. The fourth-order valence-electron chi connectivity index (χ4n) is 0.787. The Morgan fingerprint density at radius 1 is 1.38 bits per heavy atom. The molecule has 0 aromatic heterocycles. The van der Waals surface area contributed by atoms with Gasteiger partial charge >= 0.3 is 13.8 Å². The molecule has 0 atom stereocenters. The van der Waals surface area contributed by atoms with E-state index in [1.807, 2.05) is 0 Å². The van der Waals surface area contributed by atoms with Crippen LogP contribution in [0.3, 0.4) is 0 Å². The predicted octanol–water partition coefficient (Wildman–Crippen LogP) is 1.41. The molecule has 0 bridgehead atoms. The smallest absolute Gasteiger partial charge is 0.442 e. The minimum atomic E-state index is -2.49. The van der Waals surface area contributed by atoms with E-state index in [4.69, 9.17) is 24.7 Å². The molecule has 0 aliphatic carbocycles. The van der Waals surface area contributed by atoms with E-state index >= 15 is 0 Å². The molecule has 0 fully saturated rings. The molecule has 0 aliphatic heterocycles. The standard InChI is InChI=1S/C7H15ClO4Si/c1-7(9)12-5-4-6-13(8,10-2)11-3/h4-6H2,1-3H3. The number of halogens is 1. The van der Waals surface area contributed by atoms with E-state index in [1.54, 1.807) is 0 Å². The quantitative estimate of drug-likeness (QED) is 0.297. The summed E-state index contributed by atoms with van der Waals surface area (Å²) in [5, 5.41) is 0. The van der Waals surface area contributed by atoms with Crippen molar-refractivity contribution in [3.05, 3.63) is 0 Å². The normalized spacial score (nSPS) is 11.4. The third-order valence-corrected chi connectivity index (χ3v) is 5.20. The van der Waals surface area contributed by atoms with Crippen molar-refractivity contribution >= 4 is 24.9 Å². The third kappa shape index (κ3) is 6.03. The van der Waals surface area contributed by atoms with Gasteiger partial charge in [0.1, 0.15) is 0 Å². The number of carbonyl (C=O) groups excluding carboxylic acids is 1. The molecule has 0 aromatic rings. The van der Waals surface area contributed by atoms with E-state index < -0.39 is 7.87 Å². The molecule has 0 saturated heterocycles. The summed E-state index contributed by atoms with van der Waals surface area (Å²) in [4.78, 5) is 10.4. The lowest BCUT2D eigenvalue weighted by Gasteiger charge is -2.18. The Kier molecular flexibility index (Phi) is 6.32. The van der Waals surface area contributed by atoms with Gasteiger partial charge < -0.3 is 13.6 Å². The highest BCUT2D eigenvalue weighted by Crippen LogP contribution is 2.18. The molecule has 0 radical (unpaired) electrons. The maximum atomic E-state index is 10.4. The lowest BCUT2D eigenvalue weighted by molar-refractivity contribution is -0.140. The second-order valence-corrected chi connectivity index (χ2v) is 6.88. The number of esters is 1. The van der Waals surface area contributed by atoms with Crippen LogP contribution in [0, 0.1) is 0 Å². The van der Waals surface area contributed by atoms with Gasteiger partial charge in [0.15, 0.2) is 0 Å². The highest BCUT2D eigenvalue weighted by Gasteiger charge is 2.32. The van der Waals surface area contributed by atoms with E-state index in [-0.39, 0.29) is 5.97 Å². The van der Waals surface area contributed by atoms with Crippen molar-refractivity contribution in [1.29, 1.82) is 0 Å². The van der Waals surface area contributed by atoms with Crippen molar-refractivity contribution in [2.24, 2.45) is 0 Å². The van der Waals surface area contributed by atoms with Gasteiger partial charge in [0, 0.05) is 27.2 Å². The molecule has 0 amide bonds. The molecule has 0 saturated carbocycles. The Hall–Kier alpha value is -0.103. The Morgan fingerprint density at radius 3 is 2.31 bits per heavy atom. The fourth-order valence-corrected chi connectivity index (χ4v) is 2.33. The summed E-state index contributed by atoms with van der Waals surface area (Å²) in [6.45, 7) is 1.74. The van der Waals surface area contributed by atoms with Crippen LogP contribution in [0.1, 0.15) is 13.3 Å². The topological polar surface area (TPSA) is 44.8 Å². The Bertz CT molecular complexity index is 161. The minimum Gasteiger partial charge on any atom is -0.466 e. The largest absolute Gasteiger partial charge is 0.466 e. The number of hydrogen-bond acceptors (Lipinski definition) is 4. The summed E-state index contributed by atoms with van der Waals surface area (Å²) in [6.07, 6.45) is 0.664. The minimum absolute atomic E-state index is 0.281. The second kappa shape index (κ2) is 6.37. The highest BCUT2D eigenvalue weighted by atomic mass is 35.6. The molecule has 0 aromatic carbocycles. The molecule has 0 rings (SSSR count). The van der Waals surface area contributed by atoms with E-state index in [2.05, 4.69) is 0 Å². The van der Waals surface area contributed by atoms with Gasteiger partial charge in [-0.25, -0.2) is 0 Å². The molecule has 4 nitrogen and oxygen atoms in total. The number of ether oxygens (including phenoxy) is 1. The van der Waals surface area contributed by atoms with Gasteiger partial charge in [0.2, 0.25) is 0 Å². The van der Waals surface area contributed by atoms with Crippen molar-refractivity contribution in [3.63, 3.8) is 0 Å². The number of carbonyl (C=O) groups is 1. The average molecular weight is 227 g/mol.